The molecule has 70 valence electrons. The number of rotatable bonds is 2. The first-order chi connectivity index (χ1) is 6.15. The highest BCUT2D eigenvalue weighted by Gasteiger charge is 2.06. The Bertz CT molecular complexity index is 327. The maximum Gasteiger partial charge on any atom is 0.274 e. The molecular weight excluding hydrogens is 285 g/mol. The summed E-state index contributed by atoms with van der Waals surface area (Å²) < 4.78 is 0.701. The van der Waals surface area contributed by atoms with E-state index < -0.39 is 0 Å². The summed E-state index contributed by atoms with van der Waals surface area (Å²) in [6.07, 6.45) is 0. The smallest absolute Gasteiger partial charge is 0.274 e. The minimum atomic E-state index is -0.380. The lowest BCUT2D eigenvalue weighted by Crippen LogP contribution is -2.21. The van der Waals surface area contributed by atoms with Crippen molar-refractivity contribution in [1.82, 2.24) is 5.48 Å². The first kappa shape index (κ1) is 10.3. The van der Waals surface area contributed by atoms with Crippen LogP contribution in [0.5, 0.6) is 5.75 Å². The van der Waals surface area contributed by atoms with Gasteiger partial charge in [-0.1, -0.05) is 0 Å². The highest BCUT2D eigenvalue weighted by atomic mass is 127. The van der Waals surface area contributed by atoms with Crippen LogP contribution in [0, 0.1) is 3.57 Å². The summed E-state index contributed by atoms with van der Waals surface area (Å²) in [7, 11) is 1.35. The molecule has 0 saturated heterocycles. The van der Waals surface area contributed by atoms with Gasteiger partial charge in [-0.15, -0.1) is 0 Å². The van der Waals surface area contributed by atoms with Crippen LogP contribution in [-0.2, 0) is 4.84 Å². The number of hydrogen-bond donors (Lipinski definition) is 2. The maximum absolute atomic E-state index is 11.2. The fourth-order valence-electron chi connectivity index (χ4n) is 0.806. The highest BCUT2D eigenvalue weighted by molar-refractivity contribution is 14.1. The molecule has 2 N–H and O–H groups in total. The normalized spacial score (nSPS) is 9.69. The van der Waals surface area contributed by atoms with Gasteiger partial charge in [0, 0.05) is 5.56 Å². The zero-order valence-corrected chi connectivity index (χ0v) is 9.03. The van der Waals surface area contributed by atoms with Gasteiger partial charge < -0.3 is 5.11 Å². The zero-order chi connectivity index (χ0) is 9.84. The summed E-state index contributed by atoms with van der Waals surface area (Å²) in [5, 5.41) is 9.29. The standard InChI is InChI=1S/C8H8INO3/c1-13-10-8(12)5-2-3-6(9)7(11)4-5/h2-4,11H,1H3,(H,10,12). The summed E-state index contributed by atoms with van der Waals surface area (Å²) in [4.78, 5) is 15.6. The van der Waals surface area contributed by atoms with Gasteiger partial charge in [0.15, 0.2) is 0 Å². The van der Waals surface area contributed by atoms with Crippen molar-refractivity contribution >= 4 is 28.5 Å². The third-order valence-corrected chi connectivity index (χ3v) is 2.32. The molecule has 0 aliphatic carbocycles. The number of phenols is 1. The van der Waals surface area contributed by atoms with Gasteiger partial charge in [0.1, 0.15) is 5.75 Å². The third kappa shape index (κ3) is 2.56. The van der Waals surface area contributed by atoms with E-state index in [1.54, 1.807) is 12.1 Å². The highest BCUT2D eigenvalue weighted by Crippen LogP contribution is 2.20. The molecule has 0 bridgehead atoms. The van der Waals surface area contributed by atoms with E-state index in [0.717, 1.165) is 0 Å². The summed E-state index contributed by atoms with van der Waals surface area (Å²) in [6.45, 7) is 0. The zero-order valence-electron chi connectivity index (χ0n) is 6.87. The number of halogens is 1. The van der Waals surface area contributed by atoms with Crippen LogP contribution in [0.25, 0.3) is 0 Å². The molecule has 0 unspecified atom stereocenters. The molecule has 0 atom stereocenters. The van der Waals surface area contributed by atoms with Crippen molar-refractivity contribution < 1.29 is 14.7 Å². The Morgan fingerprint density at radius 1 is 1.62 bits per heavy atom. The van der Waals surface area contributed by atoms with E-state index in [4.69, 9.17) is 0 Å². The van der Waals surface area contributed by atoms with Gasteiger partial charge in [-0.3, -0.25) is 9.63 Å². The molecule has 1 aromatic rings. The number of phenolic OH excluding ortho intramolecular Hbond substituents is 1. The molecule has 0 fully saturated rings. The van der Waals surface area contributed by atoms with Crippen molar-refractivity contribution in [3.05, 3.63) is 27.3 Å². The van der Waals surface area contributed by atoms with E-state index in [9.17, 15) is 9.90 Å². The van der Waals surface area contributed by atoms with Crippen molar-refractivity contribution in [2.24, 2.45) is 0 Å². The molecule has 0 aromatic heterocycles. The maximum atomic E-state index is 11.2. The lowest BCUT2D eigenvalue weighted by atomic mass is 10.2. The van der Waals surface area contributed by atoms with Crippen LogP contribution in [-0.4, -0.2) is 18.1 Å². The molecule has 0 aliphatic rings. The van der Waals surface area contributed by atoms with Gasteiger partial charge in [-0.2, -0.15) is 0 Å². The first-order valence-electron chi connectivity index (χ1n) is 3.47. The number of aromatic hydroxyl groups is 1. The number of carbonyl (C=O) groups excluding carboxylic acids is 1. The number of hydrogen-bond acceptors (Lipinski definition) is 3. The number of hydroxylamine groups is 1. The fourth-order valence-corrected chi connectivity index (χ4v) is 1.14. The van der Waals surface area contributed by atoms with E-state index in [1.807, 2.05) is 22.6 Å². The van der Waals surface area contributed by atoms with Crippen molar-refractivity contribution in [3.63, 3.8) is 0 Å². The van der Waals surface area contributed by atoms with Crippen LogP contribution >= 0.6 is 22.6 Å². The van der Waals surface area contributed by atoms with Gasteiger partial charge in [0.2, 0.25) is 0 Å². The van der Waals surface area contributed by atoms with Gasteiger partial charge in [-0.05, 0) is 40.8 Å². The number of nitrogens with one attached hydrogen (secondary N) is 1. The van der Waals surface area contributed by atoms with Crippen LogP contribution in [0.4, 0.5) is 0 Å². The van der Waals surface area contributed by atoms with Gasteiger partial charge in [-0.25, -0.2) is 5.48 Å². The minimum absolute atomic E-state index is 0.0874. The SMILES string of the molecule is CONC(=O)c1ccc(I)c(O)c1. The fraction of sp³-hybridized carbons (Fsp3) is 0.125. The molecule has 1 rings (SSSR count). The lowest BCUT2D eigenvalue weighted by molar-refractivity contribution is 0.0537. The Morgan fingerprint density at radius 2 is 2.31 bits per heavy atom. The Balaban J connectivity index is 2.90. The van der Waals surface area contributed by atoms with Crippen molar-refractivity contribution in [3.8, 4) is 5.75 Å². The van der Waals surface area contributed by atoms with Crippen LogP contribution in [0.3, 0.4) is 0 Å². The Labute approximate surface area is 89.0 Å². The molecule has 1 amide bonds. The molecule has 0 saturated carbocycles. The van der Waals surface area contributed by atoms with Gasteiger partial charge in [0.25, 0.3) is 5.91 Å². The summed E-state index contributed by atoms with van der Waals surface area (Å²) in [6, 6.07) is 4.65. The van der Waals surface area contributed by atoms with E-state index >= 15 is 0 Å². The Kier molecular flexibility index (Phi) is 3.49. The summed E-state index contributed by atoms with van der Waals surface area (Å²) >= 11 is 1.97. The van der Waals surface area contributed by atoms with Crippen LogP contribution in [0.1, 0.15) is 10.4 Å². The van der Waals surface area contributed by atoms with Crippen molar-refractivity contribution in [2.45, 2.75) is 0 Å². The van der Waals surface area contributed by atoms with Gasteiger partial charge >= 0.3 is 0 Å². The molecule has 0 heterocycles. The van der Waals surface area contributed by atoms with E-state index in [0.29, 0.717) is 9.13 Å². The molecule has 13 heavy (non-hydrogen) atoms. The largest absolute Gasteiger partial charge is 0.507 e. The molecule has 0 aliphatic heterocycles. The summed E-state index contributed by atoms with van der Waals surface area (Å²) in [5.74, 6) is -0.293. The Morgan fingerprint density at radius 3 is 2.85 bits per heavy atom. The lowest BCUT2D eigenvalue weighted by Gasteiger charge is -2.02. The molecule has 0 radical (unpaired) electrons. The summed E-state index contributed by atoms with van der Waals surface area (Å²) in [5.41, 5.74) is 2.52. The minimum Gasteiger partial charge on any atom is -0.507 e. The average Bonchev–Trinajstić information content (AvgIpc) is 2.10. The predicted molar refractivity (Wildman–Crippen MR) is 55.3 cm³/mol. The second kappa shape index (κ2) is 4.43. The second-order valence-electron chi connectivity index (χ2n) is 2.30. The quantitative estimate of drug-likeness (QED) is 0.638. The van der Waals surface area contributed by atoms with Crippen LogP contribution < -0.4 is 5.48 Å². The van der Waals surface area contributed by atoms with Gasteiger partial charge in [0.05, 0.1) is 10.7 Å². The molecule has 4 nitrogen and oxygen atoms in total. The molecular formula is C8H8INO3. The second-order valence-corrected chi connectivity index (χ2v) is 3.46. The predicted octanol–water partition coefficient (Wildman–Crippen LogP) is 1.29. The molecule has 1 aromatic carbocycles. The molecule has 5 heteroatoms. The van der Waals surface area contributed by atoms with E-state index in [2.05, 4.69) is 10.3 Å². The van der Waals surface area contributed by atoms with Crippen molar-refractivity contribution in [1.29, 1.82) is 0 Å². The van der Waals surface area contributed by atoms with Crippen molar-refractivity contribution in [2.75, 3.05) is 7.11 Å². The number of amides is 1. The van der Waals surface area contributed by atoms with E-state index in [1.165, 1.54) is 13.2 Å². The Hall–Kier alpha value is -0.820. The topological polar surface area (TPSA) is 58.6 Å². The third-order valence-electron chi connectivity index (χ3n) is 1.40. The van der Waals surface area contributed by atoms with E-state index in [-0.39, 0.29) is 11.7 Å². The van der Waals surface area contributed by atoms with Crippen LogP contribution in [0.2, 0.25) is 0 Å². The average molecular weight is 293 g/mol. The molecule has 0 spiro atoms. The first-order valence-corrected chi connectivity index (χ1v) is 4.55. The number of carbonyl (C=O) groups is 1. The number of benzene rings is 1. The monoisotopic (exact) mass is 293 g/mol. The van der Waals surface area contributed by atoms with Crippen LogP contribution in [0.15, 0.2) is 18.2 Å².